The molecule has 0 aliphatic rings. The third kappa shape index (κ3) is 3.24. The van der Waals surface area contributed by atoms with E-state index in [-0.39, 0.29) is 5.20 Å². The van der Waals surface area contributed by atoms with E-state index in [1.54, 1.807) is 24.3 Å². The summed E-state index contributed by atoms with van der Waals surface area (Å²) < 4.78 is 26.7. The minimum atomic E-state index is -1.99. The molecule has 1 aromatic carbocycles. The lowest BCUT2D eigenvalue weighted by Crippen LogP contribution is -2.23. The lowest BCUT2D eigenvalue weighted by atomic mass is 10.2. The molecule has 0 atom stereocenters. The molecule has 0 saturated heterocycles. The molecule has 0 fully saturated rings. The Labute approximate surface area is 98.1 Å². The Balaban J connectivity index is 3.25. The van der Waals surface area contributed by atoms with Gasteiger partial charge in [-0.2, -0.15) is 8.78 Å². The first-order valence-corrected chi connectivity index (χ1v) is 8.93. The molecule has 0 aliphatic carbocycles. The normalized spacial score (nSPS) is 11.3. The van der Waals surface area contributed by atoms with E-state index in [2.05, 4.69) is 15.9 Å². The molecule has 82 valence electrons. The van der Waals surface area contributed by atoms with E-state index in [0.717, 1.165) is 4.47 Å². The van der Waals surface area contributed by atoms with Crippen molar-refractivity contribution in [3.63, 3.8) is 0 Å². The molecule has 15 heavy (non-hydrogen) atoms. The van der Waals surface area contributed by atoms with E-state index in [0.29, 0.717) is 5.56 Å². The van der Waals surface area contributed by atoms with Crippen LogP contribution in [0, 0.1) is 0 Å². The summed E-state index contributed by atoms with van der Waals surface area (Å²) in [5.74, 6) is 0. The van der Waals surface area contributed by atoms with Crippen LogP contribution in [0.15, 0.2) is 34.8 Å². The van der Waals surface area contributed by atoms with Crippen LogP contribution in [0.1, 0.15) is 5.56 Å². The first-order chi connectivity index (χ1) is 6.82. The molecule has 1 aromatic rings. The van der Waals surface area contributed by atoms with Gasteiger partial charge in [-0.1, -0.05) is 47.7 Å². The minimum absolute atomic E-state index is 0.245. The fourth-order valence-electron chi connectivity index (χ4n) is 1.44. The highest BCUT2D eigenvalue weighted by Crippen LogP contribution is 2.31. The molecular formula is C11H13BrF2Si. The Morgan fingerprint density at radius 2 is 1.53 bits per heavy atom. The largest absolute Gasteiger partial charge is 0.270 e. The van der Waals surface area contributed by atoms with E-state index >= 15 is 0 Å². The highest BCUT2D eigenvalue weighted by Gasteiger charge is 2.25. The Morgan fingerprint density at radius 3 is 1.87 bits per heavy atom. The summed E-state index contributed by atoms with van der Waals surface area (Å²) in [6.45, 7) is 5.76. The summed E-state index contributed by atoms with van der Waals surface area (Å²) in [6, 6.07) is 7.05. The van der Waals surface area contributed by atoms with Gasteiger partial charge in [0.05, 0.1) is 8.07 Å². The summed E-state index contributed by atoms with van der Waals surface area (Å²) in [5, 5.41) is 0.245. The van der Waals surface area contributed by atoms with Crippen LogP contribution in [0.3, 0.4) is 0 Å². The lowest BCUT2D eigenvalue weighted by Gasteiger charge is -2.20. The molecule has 0 aliphatic heterocycles. The minimum Gasteiger partial charge on any atom is -0.174 e. The first kappa shape index (κ1) is 12.6. The Kier molecular flexibility index (Phi) is 3.84. The van der Waals surface area contributed by atoms with E-state index in [9.17, 15) is 8.78 Å². The monoisotopic (exact) mass is 290 g/mol. The Morgan fingerprint density at radius 1 is 1.07 bits per heavy atom. The second-order valence-electron chi connectivity index (χ2n) is 4.39. The molecule has 0 N–H and O–H groups in total. The molecule has 0 heterocycles. The molecule has 4 heteroatoms. The van der Waals surface area contributed by atoms with E-state index in [4.69, 9.17) is 0 Å². The zero-order chi connectivity index (χ0) is 11.6. The molecule has 0 amide bonds. The zero-order valence-corrected chi connectivity index (χ0v) is 11.5. The van der Waals surface area contributed by atoms with Crippen molar-refractivity contribution in [2.75, 3.05) is 0 Å². The predicted octanol–water partition coefficient (Wildman–Crippen LogP) is 4.93. The second kappa shape index (κ2) is 4.57. The van der Waals surface area contributed by atoms with Gasteiger partial charge in [0.15, 0.2) is 0 Å². The smallest absolute Gasteiger partial charge is 0.174 e. The average Bonchev–Trinajstić information content (AvgIpc) is 2.05. The van der Waals surface area contributed by atoms with Crippen molar-refractivity contribution >= 4 is 29.2 Å². The van der Waals surface area contributed by atoms with Crippen molar-refractivity contribution in [2.45, 2.75) is 19.6 Å². The van der Waals surface area contributed by atoms with Crippen molar-refractivity contribution in [1.82, 2.24) is 0 Å². The van der Waals surface area contributed by atoms with E-state index in [1.165, 1.54) is 0 Å². The van der Waals surface area contributed by atoms with E-state index in [1.807, 2.05) is 19.6 Å². The topological polar surface area (TPSA) is 0 Å². The lowest BCUT2D eigenvalue weighted by molar-refractivity contribution is 0.427. The van der Waals surface area contributed by atoms with Gasteiger partial charge >= 0.3 is 0 Å². The van der Waals surface area contributed by atoms with Gasteiger partial charge in [-0.25, -0.2) is 0 Å². The fourth-order valence-corrected chi connectivity index (χ4v) is 3.31. The summed E-state index contributed by atoms with van der Waals surface area (Å²) in [5.41, 5.74) is 0.636. The second-order valence-corrected chi connectivity index (χ2v) is 10.3. The third-order valence-corrected chi connectivity index (χ3v) is 4.58. The van der Waals surface area contributed by atoms with Crippen LogP contribution < -0.4 is 0 Å². The molecule has 0 radical (unpaired) electrons. The van der Waals surface area contributed by atoms with Crippen molar-refractivity contribution in [1.29, 1.82) is 0 Å². The van der Waals surface area contributed by atoms with Gasteiger partial charge in [0.1, 0.15) is 0 Å². The zero-order valence-electron chi connectivity index (χ0n) is 8.94. The number of halogens is 3. The molecule has 0 unspecified atom stereocenters. The quantitative estimate of drug-likeness (QED) is 0.677. The summed E-state index contributed by atoms with van der Waals surface area (Å²) in [4.78, 5) is 0. The number of hydrogen-bond acceptors (Lipinski definition) is 0. The number of hydrogen-bond donors (Lipinski definition) is 0. The Hall–Kier alpha value is -0.483. The van der Waals surface area contributed by atoms with E-state index < -0.39 is 14.2 Å². The van der Waals surface area contributed by atoms with Gasteiger partial charge in [0, 0.05) is 9.67 Å². The van der Waals surface area contributed by atoms with Crippen LogP contribution >= 0.6 is 15.9 Å². The van der Waals surface area contributed by atoms with Crippen LogP contribution in [0.25, 0.3) is 5.20 Å². The average molecular weight is 291 g/mol. The maximum atomic E-state index is 12.9. The molecule has 0 bridgehead atoms. The third-order valence-electron chi connectivity index (χ3n) is 2.07. The van der Waals surface area contributed by atoms with Crippen LogP contribution in [-0.4, -0.2) is 8.07 Å². The molecule has 0 spiro atoms. The maximum absolute atomic E-state index is 12.9. The van der Waals surface area contributed by atoms with Crippen molar-refractivity contribution in [3.8, 4) is 0 Å². The van der Waals surface area contributed by atoms with Crippen LogP contribution in [-0.2, 0) is 0 Å². The molecule has 0 aromatic heterocycles. The molecule has 1 rings (SSSR count). The van der Waals surface area contributed by atoms with Gasteiger partial charge in [0.25, 0.3) is 6.08 Å². The number of rotatable bonds is 2. The highest BCUT2D eigenvalue weighted by molar-refractivity contribution is 9.10. The van der Waals surface area contributed by atoms with Gasteiger partial charge in [-0.15, -0.1) is 0 Å². The van der Waals surface area contributed by atoms with Crippen LogP contribution in [0.4, 0.5) is 8.78 Å². The van der Waals surface area contributed by atoms with Crippen molar-refractivity contribution < 1.29 is 8.78 Å². The number of benzene rings is 1. The van der Waals surface area contributed by atoms with Gasteiger partial charge in [-0.05, 0) is 17.7 Å². The highest BCUT2D eigenvalue weighted by atomic mass is 79.9. The van der Waals surface area contributed by atoms with Gasteiger partial charge in [0.2, 0.25) is 0 Å². The fraction of sp³-hybridized carbons (Fsp3) is 0.273. The molecular weight excluding hydrogens is 278 g/mol. The predicted molar refractivity (Wildman–Crippen MR) is 66.6 cm³/mol. The SMILES string of the molecule is C[Si](C)(C)C(=C(F)F)c1ccc(Br)cc1. The molecule has 0 saturated carbocycles. The summed E-state index contributed by atoms with van der Waals surface area (Å²) in [6.07, 6.45) is -1.54. The molecule has 0 nitrogen and oxygen atoms in total. The van der Waals surface area contributed by atoms with Crippen molar-refractivity contribution in [2.24, 2.45) is 0 Å². The summed E-state index contributed by atoms with van der Waals surface area (Å²) in [7, 11) is -1.99. The van der Waals surface area contributed by atoms with Gasteiger partial charge < -0.3 is 0 Å². The first-order valence-electron chi connectivity index (χ1n) is 4.64. The van der Waals surface area contributed by atoms with Crippen molar-refractivity contribution in [3.05, 3.63) is 40.4 Å². The van der Waals surface area contributed by atoms with Crippen LogP contribution in [0.2, 0.25) is 19.6 Å². The maximum Gasteiger partial charge on any atom is 0.270 e. The van der Waals surface area contributed by atoms with Crippen LogP contribution in [0.5, 0.6) is 0 Å². The standard InChI is InChI=1S/C11H13BrF2Si/c1-15(2,3)10(11(13)14)8-4-6-9(12)7-5-8/h4-7H,1-3H3. The Bertz CT molecular complexity index is 373. The summed E-state index contributed by atoms with van der Waals surface area (Å²) >= 11 is 3.29. The van der Waals surface area contributed by atoms with Gasteiger partial charge in [-0.3, -0.25) is 0 Å².